The van der Waals surface area contributed by atoms with E-state index in [2.05, 4.69) is 9.72 Å². The maximum atomic E-state index is 12.5. The monoisotopic (exact) mass is 399 g/mol. The van der Waals surface area contributed by atoms with E-state index in [1.165, 1.54) is 24.3 Å². The fraction of sp³-hybridized carbons (Fsp3) is 0.150. The predicted octanol–water partition coefficient (Wildman–Crippen LogP) is 3.82. The number of aliphatic hydroxyl groups is 1. The average Bonchev–Trinajstić information content (AvgIpc) is 3.03. The van der Waals surface area contributed by atoms with Gasteiger partial charge in [-0.2, -0.15) is 14.0 Å². The van der Waals surface area contributed by atoms with Crippen molar-refractivity contribution in [1.82, 2.24) is 9.55 Å². The van der Waals surface area contributed by atoms with Crippen LogP contribution in [0.5, 0.6) is 5.75 Å². The number of hydrogen-bond donors (Lipinski definition) is 1. The molecule has 2 aromatic carbocycles. The minimum atomic E-state index is -3.11. The quantitative estimate of drug-likeness (QED) is 0.384. The summed E-state index contributed by atoms with van der Waals surface area (Å²) in [5.74, 6) is -1.67. The van der Waals surface area contributed by atoms with Crippen LogP contribution in [-0.2, 0) is 11.8 Å². The van der Waals surface area contributed by atoms with Crippen LogP contribution in [-0.4, -0.2) is 33.8 Å². The molecule has 29 heavy (non-hydrogen) atoms. The van der Waals surface area contributed by atoms with E-state index in [1.807, 2.05) is 12.1 Å². The molecule has 1 aromatic heterocycles. The van der Waals surface area contributed by atoms with Crippen molar-refractivity contribution in [2.24, 2.45) is 7.05 Å². The number of para-hydroxylation sites is 3. The largest absolute Gasteiger partial charge is 0.507 e. The summed E-state index contributed by atoms with van der Waals surface area (Å²) in [4.78, 5) is 16.5. The Morgan fingerprint density at radius 3 is 2.62 bits per heavy atom. The molecular weight excluding hydrogens is 384 g/mol. The van der Waals surface area contributed by atoms with Crippen molar-refractivity contribution in [3.05, 3.63) is 65.7 Å². The Labute approximate surface area is 164 Å². The zero-order chi connectivity index (χ0) is 21.0. The highest BCUT2D eigenvalue weighted by molar-refractivity contribution is 5.92. The van der Waals surface area contributed by atoms with Crippen LogP contribution in [0.3, 0.4) is 0 Å². The summed E-state index contributed by atoms with van der Waals surface area (Å²) in [7, 11) is 1.68. The van der Waals surface area contributed by atoms with Crippen molar-refractivity contribution >= 4 is 22.6 Å². The van der Waals surface area contributed by atoms with Crippen LogP contribution in [0.1, 0.15) is 16.2 Å². The number of nitrogens with zero attached hydrogens (tertiary/aromatic N) is 3. The van der Waals surface area contributed by atoms with Gasteiger partial charge < -0.3 is 19.1 Å². The molecule has 3 rings (SSSR count). The lowest BCUT2D eigenvalue weighted by atomic mass is 10.2. The number of imidazole rings is 1. The second kappa shape index (κ2) is 8.39. The Morgan fingerprint density at radius 1 is 1.24 bits per heavy atom. The molecule has 0 atom stereocenters. The number of aryl methyl sites for hydroxylation is 1. The van der Waals surface area contributed by atoms with Crippen molar-refractivity contribution in [1.29, 1.82) is 5.26 Å². The number of carbonyl (C=O) groups is 1. The lowest BCUT2D eigenvalue weighted by Crippen LogP contribution is -2.13. The summed E-state index contributed by atoms with van der Waals surface area (Å²) in [6.45, 7) is -3.76. The minimum absolute atomic E-state index is 0.173. The van der Waals surface area contributed by atoms with Gasteiger partial charge in [-0.05, 0) is 24.3 Å². The first-order valence-electron chi connectivity index (χ1n) is 8.37. The maximum Gasteiger partial charge on any atom is 0.387 e. The van der Waals surface area contributed by atoms with Crippen LogP contribution in [0.15, 0.2) is 54.3 Å². The molecule has 0 spiro atoms. The Morgan fingerprint density at radius 2 is 1.93 bits per heavy atom. The maximum absolute atomic E-state index is 12.5. The van der Waals surface area contributed by atoms with Crippen molar-refractivity contribution in [3.63, 3.8) is 0 Å². The fourth-order valence-electron chi connectivity index (χ4n) is 2.73. The molecular formula is C20H15F2N3O4. The van der Waals surface area contributed by atoms with E-state index in [0.717, 1.165) is 5.52 Å². The van der Waals surface area contributed by atoms with Gasteiger partial charge in [-0.1, -0.05) is 24.3 Å². The first-order valence-corrected chi connectivity index (χ1v) is 8.37. The molecule has 1 N–H and O–H groups in total. The van der Waals surface area contributed by atoms with Crippen LogP contribution < -0.4 is 4.74 Å². The zero-order valence-electron chi connectivity index (χ0n) is 15.2. The van der Waals surface area contributed by atoms with Gasteiger partial charge in [0.2, 0.25) is 0 Å². The van der Waals surface area contributed by atoms with Crippen molar-refractivity contribution in [2.45, 2.75) is 6.61 Å². The number of esters is 1. The van der Waals surface area contributed by atoms with Crippen molar-refractivity contribution in [3.8, 4) is 11.8 Å². The topological polar surface area (TPSA) is 97.4 Å². The normalized spacial score (nSPS) is 11.8. The standard InChI is InChI=1S/C20H15F2N3O4/c1-25-15-8-4-3-7-14(15)24-18(25)13(10-23)16(26)11-28-19(27)12-6-2-5-9-17(12)29-20(21)22/h2-9,20,26H,11H2,1H3/b16-13-. The van der Waals surface area contributed by atoms with Crippen molar-refractivity contribution < 1.29 is 28.2 Å². The molecule has 148 valence electrons. The number of nitriles is 1. The molecule has 1 heterocycles. The van der Waals surface area contributed by atoms with Crippen LogP contribution in [0.25, 0.3) is 16.6 Å². The molecule has 0 saturated heterocycles. The smallest absolute Gasteiger partial charge is 0.387 e. The van der Waals surface area contributed by atoms with Gasteiger partial charge >= 0.3 is 12.6 Å². The number of allylic oxidation sites excluding steroid dienone is 1. The number of carbonyl (C=O) groups excluding carboxylic acids is 1. The number of halogens is 2. The van der Waals surface area contributed by atoms with E-state index in [0.29, 0.717) is 5.52 Å². The summed E-state index contributed by atoms with van der Waals surface area (Å²) in [6, 6.07) is 14.3. The SMILES string of the molecule is Cn1c(/C(C#N)=C(\O)COC(=O)c2ccccc2OC(F)F)nc2ccccc21. The molecule has 0 aliphatic carbocycles. The lowest BCUT2D eigenvalue weighted by Gasteiger charge is -2.10. The number of aromatic nitrogens is 2. The summed E-state index contributed by atoms with van der Waals surface area (Å²) in [5.41, 5.74) is 0.967. The third kappa shape index (κ3) is 4.16. The van der Waals surface area contributed by atoms with E-state index >= 15 is 0 Å². The third-order valence-electron chi connectivity index (χ3n) is 4.07. The van der Waals surface area contributed by atoms with Gasteiger partial charge in [0, 0.05) is 7.05 Å². The Balaban J connectivity index is 1.84. The van der Waals surface area contributed by atoms with E-state index in [1.54, 1.807) is 29.8 Å². The molecule has 0 bridgehead atoms. The number of ether oxygens (including phenoxy) is 2. The fourth-order valence-corrected chi connectivity index (χ4v) is 2.73. The van der Waals surface area contributed by atoms with Crippen LogP contribution >= 0.6 is 0 Å². The molecule has 0 aliphatic heterocycles. The summed E-state index contributed by atoms with van der Waals surface area (Å²) >= 11 is 0. The molecule has 0 amide bonds. The second-order valence-corrected chi connectivity index (χ2v) is 5.87. The summed E-state index contributed by atoms with van der Waals surface area (Å²) < 4.78 is 35.8. The second-order valence-electron chi connectivity index (χ2n) is 5.87. The first kappa shape index (κ1) is 19.8. The average molecular weight is 399 g/mol. The van der Waals surface area contributed by atoms with Gasteiger partial charge in [-0.25, -0.2) is 9.78 Å². The third-order valence-corrected chi connectivity index (χ3v) is 4.07. The van der Waals surface area contributed by atoms with Crippen LogP contribution in [0.4, 0.5) is 8.78 Å². The van der Waals surface area contributed by atoms with Gasteiger partial charge in [0.25, 0.3) is 0 Å². The molecule has 3 aromatic rings. The number of benzene rings is 2. The molecule has 7 nitrogen and oxygen atoms in total. The highest BCUT2D eigenvalue weighted by Crippen LogP contribution is 2.24. The first-order chi connectivity index (χ1) is 13.9. The van der Waals surface area contributed by atoms with Crippen LogP contribution in [0, 0.1) is 11.3 Å². The van der Waals surface area contributed by atoms with E-state index < -0.39 is 24.9 Å². The van der Waals surface area contributed by atoms with Crippen molar-refractivity contribution in [2.75, 3.05) is 6.61 Å². The number of fused-ring (bicyclic) bond motifs is 1. The van der Waals surface area contributed by atoms with E-state index in [4.69, 9.17) is 4.74 Å². The zero-order valence-corrected chi connectivity index (χ0v) is 15.2. The lowest BCUT2D eigenvalue weighted by molar-refractivity contribution is -0.0504. The number of rotatable bonds is 6. The predicted molar refractivity (Wildman–Crippen MR) is 99.2 cm³/mol. The summed E-state index contributed by atoms with van der Waals surface area (Å²) in [6.07, 6.45) is 0. The minimum Gasteiger partial charge on any atom is -0.507 e. The van der Waals surface area contributed by atoms with E-state index in [9.17, 15) is 23.9 Å². The molecule has 0 unspecified atom stereocenters. The molecule has 0 fully saturated rings. The molecule has 9 heteroatoms. The molecule has 0 saturated carbocycles. The van der Waals surface area contributed by atoms with E-state index in [-0.39, 0.29) is 22.7 Å². The molecule has 0 radical (unpaired) electrons. The Hall–Kier alpha value is -3.93. The highest BCUT2D eigenvalue weighted by Gasteiger charge is 2.20. The highest BCUT2D eigenvalue weighted by atomic mass is 19.3. The van der Waals surface area contributed by atoms with Gasteiger partial charge in [-0.15, -0.1) is 0 Å². The number of aliphatic hydroxyl groups excluding tert-OH is 1. The van der Waals surface area contributed by atoms with Crippen LogP contribution in [0.2, 0.25) is 0 Å². The van der Waals surface area contributed by atoms with Gasteiger partial charge in [-0.3, -0.25) is 0 Å². The Kier molecular flexibility index (Phi) is 5.74. The number of hydrogen-bond acceptors (Lipinski definition) is 6. The number of alkyl halides is 2. The summed E-state index contributed by atoms with van der Waals surface area (Å²) in [5, 5.41) is 19.8. The van der Waals surface area contributed by atoms with Gasteiger partial charge in [0.05, 0.1) is 11.0 Å². The Bertz CT molecular complexity index is 1130. The van der Waals surface area contributed by atoms with Gasteiger partial charge in [0.1, 0.15) is 29.6 Å². The molecule has 0 aliphatic rings. The van der Waals surface area contributed by atoms with Gasteiger partial charge in [0.15, 0.2) is 11.6 Å².